The third-order valence-electron chi connectivity index (χ3n) is 6.79. The van der Waals surface area contributed by atoms with E-state index >= 15 is 0 Å². The molecule has 2 aromatic rings. The number of alkyl halides is 3. The summed E-state index contributed by atoms with van der Waals surface area (Å²) in [5, 5.41) is 6.04. The van der Waals surface area contributed by atoms with Crippen LogP contribution in [-0.4, -0.2) is 45.1 Å². The van der Waals surface area contributed by atoms with E-state index in [1.807, 2.05) is 17.0 Å². The predicted octanol–water partition coefficient (Wildman–Crippen LogP) is 5.26. The Kier molecular flexibility index (Phi) is 7.75. The second kappa shape index (κ2) is 10.5. The first-order chi connectivity index (χ1) is 17.4. The molecule has 0 spiro atoms. The van der Waals surface area contributed by atoms with Crippen molar-refractivity contribution < 1.29 is 27.5 Å². The summed E-state index contributed by atoms with van der Waals surface area (Å²) in [4.78, 5) is 33.1. The molecule has 2 N–H and O–H groups in total. The summed E-state index contributed by atoms with van der Waals surface area (Å²) < 4.78 is 45.0. The lowest BCUT2D eigenvalue weighted by Crippen LogP contribution is -2.39. The molecule has 7 nitrogen and oxygen atoms in total. The minimum atomic E-state index is -4.51. The molecule has 0 unspecified atom stereocenters. The normalized spacial score (nSPS) is 16.6. The second-order valence-corrected chi connectivity index (χ2v) is 11.4. The molecule has 1 saturated heterocycles. The van der Waals surface area contributed by atoms with Crippen LogP contribution < -0.4 is 5.14 Å². The molecular weight excluding hydrogens is 505 g/mol. The predicted molar refractivity (Wildman–Crippen MR) is 135 cm³/mol. The van der Waals surface area contributed by atoms with Crippen molar-refractivity contribution in [3.63, 3.8) is 0 Å². The van der Waals surface area contributed by atoms with Gasteiger partial charge < -0.3 is 9.64 Å². The van der Waals surface area contributed by atoms with E-state index in [4.69, 9.17) is 9.88 Å². The van der Waals surface area contributed by atoms with E-state index in [0.717, 1.165) is 36.2 Å². The van der Waals surface area contributed by atoms with Crippen LogP contribution in [0.2, 0.25) is 0 Å². The minimum absolute atomic E-state index is 0.0348. The van der Waals surface area contributed by atoms with Gasteiger partial charge in [0.1, 0.15) is 6.61 Å². The number of carbonyl (C=O) groups excluding carboxylic acids is 2. The molecule has 11 heteroatoms. The number of hydrogen-bond acceptors (Lipinski definition) is 6. The number of hydrogen-bond donors (Lipinski definition) is 1. The van der Waals surface area contributed by atoms with Crippen molar-refractivity contribution in [1.82, 2.24) is 14.8 Å². The summed E-state index contributed by atoms with van der Waals surface area (Å²) in [6, 6.07) is 6.52. The maximum Gasteiger partial charge on any atom is 0.417 e. The molecule has 0 radical (unpaired) electrons. The third-order valence-corrected chi connectivity index (χ3v) is 7.65. The van der Waals surface area contributed by atoms with Crippen LogP contribution in [0, 0.1) is 0 Å². The molecule has 2 aliphatic rings. The van der Waals surface area contributed by atoms with Crippen molar-refractivity contribution >= 4 is 23.9 Å². The van der Waals surface area contributed by atoms with Crippen LogP contribution in [0.25, 0.3) is 0 Å². The zero-order valence-corrected chi connectivity index (χ0v) is 21.9. The number of carbonyl (C=O) groups is 2. The van der Waals surface area contributed by atoms with Gasteiger partial charge in [0.2, 0.25) is 0 Å². The standard InChI is InChI=1S/C26H31F3N4O3S/c1-25(2,3)21-11-19(26(27,28)29)12-31-22(21)15-36-24(35)33-13-17-5-4-16(10-18(17)14-33)23(34)32-8-6-20(37-30)7-9-32/h4-5,10-12,20H,6-9,13-15,30H2,1-3H3. The molecule has 3 heterocycles. The fraction of sp³-hybridized carbons (Fsp3) is 0.500. The Balaban J connectivity index is 1.40. The van der Waals surface area contributed by atoms with E-state index in [9.17, 15) is 22.8 Å². The summed E-state index contributed by atoms with van der Waals surface area (Å²) in [6.07, 6.45) is -2.61. The van der Waals surface area contributed by atoms with Gasteiger partial charge in [0.05, 0.1) is 11.3 Å². The number of pyridine rings is 1. The highest BCUT2D eigenvalue weighted by molar-refractivity contribution is 7.97. The maximum atomic E-state index is 13.2. The molecule has 2 amide bonds. The minimum Gasteiger partial charge on any atom is -0.443 e. The molecule has 0 atom stereocenters. The smallest absolute Gasteiger partial charge is 0.417 e. The summed E-state index contributed by atoms with van der Waals surface area (Å²) >= 11 is 1.34. The number of nitrogens with two attached hydrogens (primary N) is 1. The molecule has 37 heavy (non-hydrogen) atoms. The number of aromatic nitrogens is 1. The zero-order valence-electron chi connectivity index (χ0n) is 21.1. The van der Waals surface area contributed by atoms with Crippen molar-refractivity contribution in [2.75, 3.05) is 13.1 Å². The van der Waals surface area contributed by atoms with Crippen LogP contribution in [0.4, 0.5) is 18.0 Å². The van der Waals surface area contributed by atoms with Gasteiger partial charge in [-0.15, -0.1) is 0 Å². The molecule has 2 aliphatic heterocycles. The molecule has 1 aromatic carbocycles. The number of benzene rings is 1. The highest BCUT2D eigenvalue weighted by Gasteiger charge is 2.34. The molecule has 1 fully saturated rings. The van der Waals surface area contributed by atoms with Crippen molar-refractivity contribution in [3.8, 4) is 0 Å². The van der Waals surface area contributed by atoms with Gasteiger partial charge in [0.15, 0.2) is 0 Å². The van der Waals surface area contributed by atoms with Gasteiger partial charge in [-0.25, -0.2) is 4.79 Å². The Labute approximate surface area is 218 Å². The Bertz CT molecular complexity index is 1170. The first-order valence-corrected chi connectivity index (χ1v) is 13.1. The van der Waals surface area contributed by atoms with Gasteiger partial charge in [-0.05, 0) is 53.1 Å². The fourth-order valence-corrected chi connectivity index (χ4v) is 5.15. The molecule has 0 aliphatic carbocycles. The number of ether oxygens (including phenoxy) is 1. The van der Waals surface area contributed by atoms with E-state index in [1.165, 1.54) is 16.8 Å². The molecule has 4 rings (SSSR count). The number of likely N-dealkylation sites (tertiary alicyclic amines) is 1. The Morgan fingerprint density at radius 2 is 1.76 bits per heavy atom. The molecule has 1 aromatic heterocycles. The quantitative estimate of drug-likeness (QED) is 0.536. The van der Waals surface area contributed by atoms with Crippen LogP contribution in [0.5, 0.6) is 0 Å². The monoisotopic (exact) mass is 536 g/mol. The Morgan fingerprint density at radius 3 is 2.38 bits per heavy atom. The number of rotatable bonds is 4. The summed E-state index contributed by atoms with van der Waals surface area (Å²) in [7, 11) is 0. The maximum absolute atomic E-state index is 13.2. The average molecular weight is 537 g/mol. The average Bonchev–Trinajstić information content (AvgIpc) is 3.29. The van der Waals surface area contributed by atoms with Crippen molar-refractivity contribution in [1.29, 1.82) is 0 Å². The van der Waals surface area contributed by atoms with Gasteiger partial charge >= 0.3 is 12.3 Å². The summed E-state index contributed by atoms with van der Waals surface area (Å²) in [5.74, 6) is -0.0348. The Morgan fingerprint density at radius 1 is 1.08 bits per heavy atom. The lowest BCUT2D eigenvalue weighted by Gasteiger charge is -2.31. The van der Waals surface area contributed by atoms with Crippen LogP contribution in [0.15, 0.2) is 30.5 Å². The van der Waals surface area contributed by atoms with E-state index in [0.29, 0.717) is 36.0 Å². The number of amides is 2. The van der Waals surface area contributed by atoms with E-state index in [-0.39, 0.29) is 24.8 Å². The fourth-order valence-electron chi connectivity index (χ4n) is 4.67. The van der Waals surface area contributed by atoms with E-state index in [2.05, 4.69) is 4.98 Å². The lowest BCUT2D eigenvalue weighted by atomic mass is 9.85. The lowest BCUT2D eigenvalue weighted by molar-refractivity contribution is -0.137. The number of fused-ring (bicyclic) bond motifs is 1. The van der Waals surface area contributed by atoms with Crippen molar-refractivity contribution in [3.05, 3.63) is 64.0 Å². The number of piperidine rings is 1. The van der Waals surface area contributed by atoms with Gasteiger partial charge in [-0.2, -0.15) is 13.2 Å². The van der Waals surface area contributed by atoms with Crippen LogP contribution in [0.1, 0.15) is 71.9 Å². The SMILES string of the molecule is CC(C)(C)c1cc(C(F)(F)F)cnc1COC(=O)N1Cc2ccc(C(=O)N3CCC(SN)CC3)cc2C1. The molecular formula is C26H31F3N4O3S. The van der Waals surface area contributed by atoms with Crippen molar-refractivity contribution in [2.24, 2.45) is 5.14 Å². The molecule has 0 saturated carbocycles. The topological polar surface area (TPSA) is 88.8 Å². The van der Waals surface area contributed by atoms with Crippen LogP contribution in [-0.2, 0) is 36.0 Å². The van der Waals surface area contributed by atoms with Crippen molar-refractivity contribution in [2.45, 2.75) is 70.2 Å². The number of nitrogens with zero attached hydrogens (tertiary/aromatic N) is 3. The second-order valence-electron chi connectivity index (χ2n) is 10.5. The van der Waals surface area contributed by atoms with Gasteiger partial charge in [0, 0.05) is 43.2 Å². The molecule has 0 bridgehead atoms. The van der Waals surface area contributed by atoms with Gasteiger partial charge in [-0.3, -0.25) is 19.8 Å². The first kappa shape index (κ1) is 27.3. The van der Waals surface area contributed by atoms with Crippen LogP contribution in [0.3, 0.4) is 0 Å². The number of halogens is 3. The summed E-state index contributed by atoms with van der Waals surface area (Å²) in [5.41, 5.74) is 1.58. The summed E-state index contributed by atoms with van der Waals surface area (Å²) in [6.45, 7) is 7.05. The van der Waals surface area contributed by atoms with Gasteiger partial charge in [-0.1, -0.05) is 38.8 Å². The van der Waals surface area contributed by atoms with Gasteiger partial charge in [0.25, 0.3) is 5.91 Å². The zero-order chi connectivity index (χ0) is 27.0. The van der Waals surface area contributed by atoms with E-state index < -0.39 is 23.2 Å². The largest absolute Gasteiger partial charge is 0.443 e. The van der Waals surface area contributed by atoms with Crippen LogP contribution >= 0.6 is 11.9 Å². The highest BCUT2D eigenvalue weighted by Crippen LogP contribution is 2.34. The first-order valence-electron chi connectivity index (χ1n) is 12.1. The highest BCUT2D eigenvalue weighted by atomic mass is 32.2. The molecule has 200 valence electrons. The third kappa shape index (κ3) is 6.20. The Hall–Kier alpha value is -2.79. The van der Waals surface area contributed by atoms with E-state index in [1.54, 1.807) is 26.8 Å².